The Morgan fingerprint density at radius 3 is 2.43 bits per heavy atom. The van der Waals surface area contributed by atoms with E-state index in [1.807, 2.05) is 51.1 Å². The Kier molecular flexibility index (Phi) is 6.29. The normalized spacial score (nSPS) is 11.2. The van der Waals surface area contributed by atoms with Gasteiger partial charge in [-0.1, -0.05) is 45.4 Å². The van der Waals surface area contributed by atoms with Crippen molar-refractivity contribution in [2.75, 3.05) is 0 Å². The molecule has 9 heteroatoms. The van der Waals surface area contributed by atoms with Crippen molar-refractivity contribution >= 4 is 5.69 Å². The Morgan fingerprint density at radius 1 is 1.13 bits per heavy atom. The van der Waals surface area contributed by atoms with E-state index in [1.165, 1.54) is 10.8 Å². The SMILES string of the molecule is CCCCn1c(-c2cnn(-c3ccccc3)c2)c([N+](=O)[O-])c(=O)n(CC(C)C)c1=O. The van der Waals surface area contributed by atoms with Gasteiger partial charge < -0.3 is 0 Å². The third-order valence-corrected chi connectivity index (χ3v) is 4.75. The van der Waals surface area contributed by atoms with Crippen LogP contribution < -0.4 is 11.2 Å². The quantitative estimate of drug-likeness (QED) is 0.418. The Bertz CT molecular complexity index is 1160. The molecule has 2 heterocycles. The van der Waals surface area contributed by atoms with Gasteiger partial charge in [0.1, 0.15) is 5.69 Å². The molecule has 0 atom stereocenters. The predicted molar refractivity (Wildman–Crippen MR) is 114 cm³/mol. The molecule has 0 unspecified atom stereocenters. The number of nitro groups is 1. The van der Waals surface area contributed by atoms with Gasteiger partial charge in [0.15, 0.2) is 0 Å². The lowest BCUT2D eigenvalue weighted by Crippen LogP contribution is -2.42. The highest BCUT2D eigenvalue weighted by Gasteiger charge is 2.29. The van der Waals surface area contributed by atoms with E-state index in [0.717, 1.165) is 16.7 Å². The van der Waals surface area contributed by atoms with Crippen molar-refractivity contribution in [3.8, 4) is 16.9 Å². The smallest absolute Gasteiger partial charge is 0.287 e. The molecular formula is C21H25N5O4. The third kappa shape index (κ3) is 4.10. The summed E-state index contributed by atoms with van der Waals surface area (Å²) in [6.07, 6.45) is 4.50. The highest BCUT2D eigenvalue weighted by Crippen LogP contribution is 2.27. The first kappa shape index (κ1) is 21.2. The van der Waals surface area contributed by atoms with E-state index in [-0.39, 0.29) is 24.7 Å². The molecule has 158 valence electrons. The zero-order valence-corrected chi connectivity index (χ0v) is 17.3. The van der Waals surface area contributed by atoms with Gasteiger partial charge in [-0.25, -0.2) is 9.48 Å². The van der Waals surface area contributed by atoms with E-state index in [2.05, 4.69) is 5.10 Å². The number of benzene rings is 1. The lowest BCUT2D eigenvalue weighted by Gasteiger charge is -2.16. The first-order valence-corrected chi connectivity index (χ1v) is 9.97. The number of unbranched alkanes of at least 4 members (excludes halogenated alkanes) is 1. The number of hydrogen-bond donors (Lipinski definition) is 0. The van der Waals surface area contributed by atoms with Crippen LogP contribution in [0, 0.1) is 16.0 Å². The van der Waals surface area contributed by atoms with Crippen LogP contribution in [0.15, 0.2) is 52.3 Å². The number of nitrogens with zero attached hydrogens (tertiary/aromatic N) is 5. The van der Waals surface area contributed by atoms with Crippen molar-refractivity contribution in [2.45, 2.75) is 46.7 Å². The van der Waals surface area contributed by atoms with Crippen LogP contribution in [0.1, 0.15) is 33.6 Å². The summed E-state index contributed by atoms with van der Waals surface area (Å²) < 4.78 is 3.88. The zero-order chi connectivity index (χ0) is 21.8. The Hall–Kier alpha value is -3.49. The van der Waals surface area contributed by atoms with Gasteiger partial charge in [0.2, 0.25) is 0 Å². The first-order chi connectivity index (χ1) is 14.3. The Balaban J connectivity index is 2.29. The fourth-order valence-electron chi connectivity index (χ4n) is 3.36. The van der Waals surface area contributed by atoms with Crippen molar-refractivity contribution < 1.29 is 4.92 Å². The molecule has 3 rings (SSSR count). The Morgan fingerprint density at radius 2 is 1.83 bits per heavy atom. The van der Waals surface area contributed by atoms with Crippen LogP contribution in [-0.4, -0.2) is 23.8 Å². The molecule has 9 nitrogen and oxygen atoms in total. The van der Waals surface area contributed by atoms with Gasteiger partial charge in [-0.05, 0) is 24.5 Å². The van der Waals surface area contributed by atoms with Crippen molar-refractivity contribution in [3.63, 3.8) is 0 Å². The van der Waals surface area contributed by atoms with Crippen molar-refractivity contribution in [1.29, 1.82) is 0 Å². The molecule has 0 radical (unpaired) electrons. The molecule has 0 aliphatic rings. The minimum absolute atomic E-state index is 0.00522. The van der Waals surface area contributed by atoms with E-state index < -0.39 is 21.9 Å². The molecular weight excluding hydrogens is 386 g/mol. The highest BCUT2D eigenvalue weighted by molar-refractivity contribution is 5.68. The van der Waals surface area contributed by atoms with Gasteiger partial charge in [0.25, 0.3) is 0 Å². The minimum atomic E-state index is -0.881. The standard InChI is InChI=1S/C21H25N5O4/c1-4-5-11-23-18(16-12-22-25(14-16)17-9-7-6-8-10-17)19(26(29)30)20(27)24(21(23)28)13-15(2)3/h6-10,12,14-15H,4-5,11,13H2,1-3H3. The molecule has 0 aliphatic heterocycles. The van der Waals surface area contributed by atoms with E-state index in [4.69, 9.17) is 0 Å². The van der Waals surface area contributed by atoms with Crippen molar-refractivity contribution in [3.05, 3.63) is 73.7 Å². The van der Waals surface area contributed by atoms with Gasteiger partial charge in [-0.2, -0.15) is 5.10 Å². The van der Waals surface area contributed by atoms with Gasteiger partial charge in [-0.3, -0.25) is 24.0 Å². The van der Waals surface area contributed by atoms with Crippen LogP contribution in [-0.2, 0) is 13.1 Å². The van der Waals surface area contributed by atoms with Crippen LogP contribution in [0.3, 0.4) is 0 Å². The molecule has 30 heavy (non-hydrogen) atoms. The summed E-state index contributed by atoms with van der Waals surface area (Å²) in [6.45, 7) is 6.07. The second-order valence-corrected chi connectivity index (χ2v) is 7.56. The minimum Gasteiger partial charge on any atom is -0.287 e. The van der Waals surface area contributed by atoms with Gasteiger partial charge in [0, 0.05) is 24.8 Å². The number of aromatic nitrogens is 4. The largest absolute Gasteiger partial charge is 0.358 e. The fraction of sp³-hybridized carbons (Fsp3) is 0.381. The summed E-state index contributed by atoms with van der Waals surface area (Å²) in [5.41, 5.74) is -0.886. The Labute approximate surface area is 173 Å². The molecule has 0 saturated heterocycles. The van der Waals surface area contributed by atoms with Crippen LogP contribution in [0.4, 0.5) is 5.69 Å². The zero-order valence-electron chi connectivity index (χ0n) is 17.3. The average Bonchev–Trinajstić information content (AvgIpc) is 3.20. The maximum absolute atomic E-state index is 13.2. The topological polar surface area (TPSA) is 105 Å². The predicted octanol–water partition coefficient (Wildman–Crippen LogP) is 3.23. The van der Waals surface area contributed by atoms with Crippen molar-refractivity contribution in [1.82, 2.24) is 18.9 Å². The molecule has 0 aliphatic carbocycles. The molecule has 0 fully saturated rings. The lowest BCUT2D eigenvalue weighted by atomic mass is 10.1. The first-order valence-electron chi connectivity index (χ1n) is 9.97. The number of para-hydroxylation sites is 1. The van der Waals surface area contributed by atoms with E-state index in [9.17, 15) is 19.7 Å². The maximum atomic E-state index is 13.2. The highest BCUT2D eigenvalue weighted by atomic mass is 16.6. The van der Waals surface area contributed by atoms with Gasteiger partial charge >= 0.3 is 16.9 Å². The van der Waals surface area contributed by atoms with Crippen LogP contribution >= 0.6 is 0 Å². The summed E-state index contributed by atoms with van der Waals surface area (Å²) >= 11 is 0. The molecule has 3 aromatic rings. The molecule has 0 bridgehead atoms. The second-order valence-electron chi connectivity index (χ2n) is 7.56. The average molecular weight is 411 g/mol. The van der Waals surface area contributed by atoms with Gasteiger partial charge in [-0.15, -0.1) is 0 Å². The summed E-state index contributed by atoms with van der Waals surface area (Å²) in [7, 11) is 0. The summed E-state index contributed by atoms with van der Waals surface area (Å²) in [5, 5.41) is 16.2. The van der Waals surface area contributed by atoms with E-state index >= 15 is 0 Å². The molecule has 0 N–H and O–H groups in total. The summed E-state index contributed by atoms with van der Waals surface area (Å²) in [5.74, 6) is -0.0127. The molecule has 2 aromatic heterocycles. The van der Waals surface area contributed by atoms with Crippen LogP contribution in [0.5, 0.6) is 0 Å². The van der Waals surface area contributed by atoms with E-state index in [0.29, 0.717) is 12.0 Å². The fourth-order valence-corrected chi connectivity index (χ4v) is 3.36. The summed E-state index contributed by atoms with van der Waals surface area (Å²) in [4.78, 5) is 37.3. The van der Waals surface area contributed by atoms with Crippen LogP contribution in [0.2, 0.25) is 0 Å². The molecule has 0 saturated carbocycles. The summed E-state index contributed by atoms with van der Waals surface area (Å²) in [6, 6.07) is 9.26. The third-order valence-electron chi connectivity index (χ3n) is 4.75. The molecule has 1 aromatic carbocycles. The number of rotatable bonds is 8. The lowest BCUT2D eigenvalue weighted by molar-refractivity contribution is -0.386. The van der Waals surface area contributed by atoms with Gasteiger partial charge in [0.05, 0.1) is 16.8 Å². The maximum Gasteiger partial charge on any atom is 0.358 e. The second kappa shape index (κ2) is 8.89. The molecule has 0 amide bonds. The number of hydrogen-bond acceptors (Lipinski definition) is 5. The van der Waals surface area contributed by atoms with Crippen molar-refractivity contribution in [2.24, 2.45) is 5.92 Å². The molecule has 0 spiro atoms. The van der Waals surface area contributed by atoms with Crippen LogP contribution in [0.25, 0.3) is 16.9 Å². The monoisotopic (exact) mass is 411 g/mol. The van der Waals surface area contributed by atoms with E-state index in [1.54, 1.807) is 10.9 Å².